The van der Waals surface area contributed by atoms with Crippen molar-refractivity contribution in [2.45, 2.75) is 13.3 Å². The maximum absolute atomic E-state index is 10.5. The number of rotatable bonds is 2. The first-order valence-corrected chi connectivity index (χ1v) is 3.03. The third-order valence-corrected chi connectivity index (χ3v) is 1.33. The molecule has 0 aromatic heterocycles. The van der Waals surface area contributed by atoms with Crippen LogP contribution in [0.2, 0.25) is 0 Å². The molecule has 46 valence electrons. The van der Waals surface area contributed by atoms with Crippen LogP contribution in [-0.4, -0.2) is 5.78 Å². The van der Waals surface area contributed by atoms with Crippen molar-refractivity contribution in [3.8, 4) is 0 Å². The van der Waals surface area contributed by atoms with Gasteiger partial charge in [0, 0.05) is 12.0 Å². The van der Waals surface area contributed by atoms with Crippen LogP contribution in [0.5, 0.6) is 0 Å². The van der Waals surface area contributed by atoms with Crippen molar-refractivity contribution in [2.75, 3.05) is 0 Å². The number of halogens is 2. The lowest BCUT2D eigenvalue weighted by Crippen LogP contribution is -1.91. The number of Topliss-reactive ketones (excluding diaryl/α,β-unsaturated/α-hetero) is 1. The summed E-state index contributed by atoms with van der Waals surface area (Å²) in [5.74, 6) is -0.123. The molecule has 0 radical (unpaired) electrons. The average molecular weight is 153 g/mol. The number of carbonyl (C=O) groups excluding carboxylic acids is 1. The van der Waals surface area contributed by atoms with Crippen LogP contribution in [0.4, 0.5) is 0 Å². The number of ketones is 1. The minimum absolute atomic E-state index is 0.106. The molecule has 8 heavy (non-hydrogen) atoms. The van der Waals surface area contributed by atoms with E-state index in [2.05, 4.69) is 0 Å². The second-order valence-corrected chi connectivity index (χ2v) is 1.86. The first kappa shape index (κ1) is 7.99. The fraction of sp³-hybridized carbons (Fsp3) is 0.400. The van der Waals surface area contributed by atoms with Crippen molar-refractivity contribution in [1.82, 2.24) is 0 Å². The van der Waals surface area contributed by atoms with Crippen molar-refractivity contribution >= 4 is 29.0 Å². The van der Waals surface area contributed by atoms with E-state index >= 15 is 0 Å². The maximum Gasteiger partial charge on any atom is 0.174 e. The van der Waals surface area contributed by atoms with Gasteiger partial charge in [-0.3, -0.25) is 4.79 Å². The lowest BCUT2D eigenvalue weighted by molar-refractivity contribution is -0.114. The second-order valence-electron chi connectivity index (χ2n) is 1.23. The Bertz CT molecular complexity index is 118. The molecule has 0 fully saturated rings. The summed E-state index contributed by atoms with van der Waals surface area (Å²) in [6.45, 7) is 1.73. The molecule has 0 amide bonds. The minimum atomic E-state index is -0.123. The van der Waals surface area contributed by atoms with Gasteiger partial charge in [0.15, 0.2) is 5.78 Å². The van der Waals surface area contributed by atoms with Gasteiger partial charge < -0.3 is 0 Å². The molecule has 0 aliphatic heterocycles. The predicted octanol–water partition coefficient (Wildman–Crippen LogP) is 2.28. The van der Waals surface area contributed by atoms with Gasteiger partial charge in [0.2, 0.25) is 0 Å². The van der Waals surface area contributed by atoms with E-state index in [9.17, 15) is 4.79 Å². The Balaban J connectivity index is 3.83. The van der Waals surface area contributed by atoms with Gasteiger partial charge in [-0.15, -0.1) is 0 Å². The molecule has 0 heterocycles. The van der Waals surface area contributed by atoms with Gasteiger partial charge in [0.05, 0.1) is 5.03 Å². The van der Waals surface area contributed by atoms with Gasteiger partial charge in [-0.25, -0.2) is 0 Å². The topological polar surface area (TPSA) is 17.1 Å². The molecule has 0 N–H and O–H groups in total. The van der Waals surface area contributed by atoms with Crippen LogP contribution in [0.3, 0.4) is 0 Å². The molecule has 3 heteroatoms. The predicted molar refractivity (Wildman–Crippen MR) is 35.1 cm³/mol. The molecule has 0 aliphatic carbocycles. The Morgan fingerprint density at radius 1 is 1.75 bits per heavy atom. The fourth-order valence-electron chi connectivity index (χ4n) is 0.230. The number of allylic oxidation sites excluding steroid dienone is 1. The monoisotopic (exact) mass is 152 g/mol. The van der Waals surface area contributed by atoms with E-state index in [0.717, 1.165) is 5.54 Å². The Morgan fingerprint density at radius 3 is 2.38 bits per heavy atom. The zero-order valence-electron chi connectivity index (χ0n) is 4.45. The molecular formula is C5H6Cl2O. The molecule has 0 bridgehead atoms. The van der Waals surface area contributed by atoms with Crippen LogP contribution in [0.25, 0.3) is 0 Å². The van der Waals surface area contributed by atoms with Gasteiger partial charge in [0.1, 0.15) is 0 Å². The smallest absolute Gasteiger partial charge is 0.174 e. The second kappa shape index (κ2) is 3.93. The van der Waals surface area contributed by atoms with Crippen molar-refractivity contribution < 1.29 is 4.79 Å². The quantitative estimate of drug-likeness (QED) is 0.556. The molecule has 0 saturated heterocycles. The highest BCUT2D eigenvalue weighted by molar-refractivity contribution is 6.46. The largest absolute Gasteiger partial charge is 0.293 e. The zero-order chi connectivity index (χ0) is 6.57. The molecule has 0 rings (SSSR count). The summed E-state index contributed by atoms with van der Waals surface area (Å²) >= 11 is 10.4. The van der Waals surface area contributed by atoms with Crippen molar-refractivity contribution in [1.29, 1.82) is 0 Å². The maximum atomic E-state index is 10.5. The first-order chi connectivity index (χ1) is 3.72. The lowest BCUT2D eigenvalue weighted by Gasteiger charge is -1.87. The van der Waals surface area contributed by atoms with Crippen LogP contribution in [-0.2, 0) is 4.79 Å². The normalized spacial score (nSPS) is 11.6. The molecular weight excluding hydrogens is 147 g/mol. The van der Waals surface area contributed by atoms with E-state index in [0.29, 0.717) is 6.42 Å². The first-order valence-electron chi connectivity index (χ1n) is 2.21. The van der Waals surface area contributed by atoms with Gasteiger partial charge in [-0.1, -0.05) is 30.1 Å². The van der Waals surface area contributed by atoms with Gasteiger partial charge in [-0.2, -0.15) is 0 Å². The summed E-state index contributed by atoms with van der Waals surface area (Å²) in [5, 5.41) is 0.106. The third-order valence-electron chi connectivity index (χ3n) is 0.683. The van der Waals surface area contributed by atoms with E-state index in [-0.39, 0.29) is 10.8 Å². The van der Waals surface area contributed by atoms with Crippen molar-refractivity contribution in [3.05, 3.63) is 10.6 Å². The molecule has 0 saturated carbocycles. The highest BCUT2D eigenvalue weighted by Crippen LogP contribution is 2.05. The van der Waals surface area contributed by atoms with Crippen LogP contribution in [0.1, 0.15) is 13.3 Å². The Kier molecular flexibility index (Phi) is 3.92. The standard InChI is InChI=1S/C5H6Cl2O/c1-2-5(8)4(7)3-6/h3H,2H2,1H3/b4-3-. The Labute approximate surface area is 58.3 Å². The fourth-order valence-corrected chi connectivity index (χ4v) is 0.485. The summed E-state index contributed by atoms with van der Waals surface area (Å²) in [6, 6.07) is 0. The number of hydrogen-bond acceptors (Lipinski definition) is 1. The van der Waals surface area contributed by atoms with E-state index in [4.69, 9.17) is 23.2 Å². The highest BCUT2D eigenvalue weighted by atomic mass is 35.5. The minimum Gasteiger partial charge on any atom is -0.293 e. The van der Waals surface area contributed by atoms with E-state index in [1.54, 1.807) is 6.92 Å². The van der Waals surface area contributed by atoms with Crippen molar-refractivity contribution in [3.63, 3.8) is 0 Å². The van der Waals surface area contributed by atoms with Crippen LogP contribution < -0.4 is 0 Å². The molecule has 0 aliphatic rings. The van der Waals surface area contributed by atoms with E-state index in [1.807, 2.05) is 0 Å². The van der Waals surface area contributed by atoms with Crippen molar-refractivity contribution in [2.24, 2.45) is 0 Å². The lowest BCUT2D eigenvalue weighted by atomic mass is 10.3. The van der Waals surface area contributed by atoms with E-state index < -0.39 is 0 Å². The van der Waals surface area contributed by atoms with Gasteiger partial charge in [-0.05, 0) is 0 Å². The molecule has 0 atom stereocenters. The molecule has 0 unspecified atom stereocenters. The summed E-state index contributed by atoms with van der Waals surface area (Å²) in [5.41, 5.74) is 1.08. The van der Waals surface area contributed by atoms with Gasteiger partial charge in [0.25, 0.3) is 0 Å². The molecule has 1 nitrogen and oxygen atoms in total. The van der Waals surface area contributed by atoms with Crippen LogP contribution >= 0.6 is 23.2 Å². The highest BCUT2D eigenvalue weighted by Gasteiger charge is 1.99. The van der Waals surface area contributed by atoms with E-state index in [1.165, 1.54) is 0 Å². The summed E-state index contributed by atoms with van der Waals surface area (Å²) < 4.78 is 0. The average Bonchev–Trinajstić information content (AvgIpc) is 1.84. The molecule has 0 spiro atoms. The Hall–Kier alpha value is -0.0100. The molecule has 0 aromatic rings. The third kappa shape index (κ3) is 2.34. The summed E-state index contributed by atoms with van der Waals surface area (Å²) in [4.78, 5) is 10.5. The van der Waals surface area contributed by atoms with Crippen LogP contribution in [0.15, 0.2) is 10.6 Å². The number of hydrogen-bond donors (Lipinski definition) is 0. The Morgan fingerprint density at radius 2 is 2.25 bits per heavy atom. The SMILES string of the molecule is CCC(=O)/C(Cl)=C/Cl. The summed E-state index contributed by atoms with van der Waals surface area (Å²) in [6.07, 6.45) is 0.405. The number of carbonyl (C=O) groups is 1. The molecule has 0 aromatic carbocycles. The van der Waals surface area contributed by atoms with Crippen LogP contribution in [0, 0.1) is 0 Å². The van der Waals surface area contributed by atoms with Gasteiger partial charge >= 0.3 is 0 Å². The zero-order valence-corrected chi connectivity index (χ0v) is 5.96. The summed E-state index contributed by atoms with van der Waals surface area (Å²) in [7, 11) is 0.